The van der Waals surface area contributed by atoms with E-state index in [4.69, 9.17) is 0 Å². The molecule has 0 aromatic heterocycles. The van der Waals surface area contributed by atoms with Gasteiger partial charge in [0.25, 0.3) is 0 Å². The summed E-state index contributed by atoms with van der Waals surface area (Å²) >= 11 is 0. The van der Waals surface area contributed by atoms with Gasteiger partial charge in [0.05, 0.1) is 0 Å². The Morgan fingerprint density at radius 2 is 2.05 bits per heavy atom. The fraction of sp³-hybridized carbons (Fsp3) is 0.700. The SMILES string of the molecule is CC(=O)[C@H]1CC[C@H]2[C@@H]3C=CC4=CC(=O)CC[C@@H]4[C@H]3CC[C@]12C. The van der Waals surface area contributed by atoms with Gasteiger partial charge in [0, 0.05) is 12.3 Å². The van der Waals surface area contributed by atoms with Crippen LogP contribution in [0.25, 0.3) is 0 Å². The first-order valence-electron chi connectivity index (χ1n) is 8.94. The summed E-state index contributed by atoms with van der Waals surface area (Å²) in [7, 11) is 0. The zero-order valence-electron chi connectivity index (χ0n) is 13.7. The third-order valence-corrected chi connectivity index (χ3v) is 7.36. The highest BCUT2D eigenvalue weighted by Gasteiger charge is 2.56. The average molecular weight is 298 g/mol. The van der Waals surface area contributed by atoms with Crippen molar-refractivity contribution in [3.8, 4) is 0 Å². The van der Waals surface area contributed by atoms with Crippen LogP contribution in [0.15, 0.2) is 23.8 Å². The molecule has 2 heteroatoms. The number of ketones is 2. The highest BCUT2D eigenvalue weighted by molar-refractivity contribution is 5.92. The van der Waals surface area contributed by atoms with Crippen LogP contribution in [0.2, 0.25) is 0 Å². The van der Waals surface area contributed by atoms with E-state index in [1.165, 1.54) is 24.8 Å². The van der Waals surface area contributed by atoms with Gasteiger partial charge in [-0.3, -0.25) is 9.59 Å². The second-order valence-corrected chi connectivity index (χ2v) is 8.25. The van der Waals surface area contributed by atoms with Gasteiger partial charge in [-0.2, -0.15) is 0 Å². The van der Waals surface area contributed by atoms with Crippen molar-refractivity contribution in [2.45, 2.75) is 52.4 Å². The topological polar surface area (TPSA) is 34.1 Å². The molecule has 0 amide bonds. The molecule has 0 unspecified atom stereocenters. The number of Topliss-reactive ketones (excluding diaryl/α,β-unsaturated/α-hetero) is 1. The Bertz CT molecular complexity index is 585. The number of rotatable bonds is 1. The molecular weight excluding hydrogens is 272 g/mol. The van der Waals surface area contributed by atoms with Crippen LogP contribution < -0.4 is 0 Å². The summed E-state index contributed by atoms with van der Waals surface area (Å²) in [6, 6.07) is 0. The number of carbonyl (C=O) groups is 2. The highest BCUT2D eigenvalue weighted by atomic mass is 16.1. The summed E-state index contributed by atoms with van der Waals surface area (Å²) in [4.78, 5) is 23.7. The van der Waals surface area contributed by atoms with Crippen molar-refractivity contribution in [2.75, 3.05) is 0 Å². The van der Waals surface area contributed by atoms with Gasteiger partial charge in [0.1, 0.15) is 5.78 Å². The summed E-state index contributed by atoms with van der Waals surface area (Å²) in [5, 5.41) is 0. The van der Waals surface area contributed by atoms with Crippen LogP contribution in [0.4, 0.5) is 0 Å². The van der Waals surface area contributed by atoms with Crippen LogP contribution in [0, 0.1) is 35.0 Å². The van der Waals surface area contributed by atoms with Crippen LogP contribution in [-0.2, 0) is 9.59 Å². The van der Waals surface area contributed by atoms with Crippen LogP contribution in [0.3, 0.4) is 0 Å². The lowest BCUT2D eigenvalue weighted by Gasteiger charge is -2.51. The van der Waals surface area contributed by atoms with Crippen molar-refractivity contribution >= 4 is 11.6 Å². The van der Waals surface area contributed by atoms with Gasteiger partial charge in [-0.15, -0.1) is 0 Å². The maximum Gasteiger partial charge on any atom is 0.155 e. The van der Waals surface area contributed by atoms with Crippen LogP contribution >= 0.6 is 0 Å². The van der Waals surface area contributed by atoms with Crippen molar-refractivity contribution < 1.29 is 9.59 Å². The maximum absolute atomic E-state index is 12.1. The summed E-state index contributed by atoms with van der Waals surface area (Å²) in [5.74, 6) is 3.55. The molecule has 6 atom stereocenters. The molecule has 4 aliphatic rings. The highest BCUT2D eigenvalue weighted by Crippen LogP contribution is 2.62. The Hall–Kier alpha value is -1.18. The van der Waals surface area contributed by atoms with E-state index in [9.17, 15) is 9.59 Å². The van der Waals surface area contributed by atoms with Crippen molar-refractivity contribution in [1.29, 1.82) is 0 Å². The number of allylic oxidation sites excluding steroid dienone is 4. The first-order chi connectivity index (χ1) is 10.5. The molecule has 22 heavy (non-hydrogen) atoms. The Labute approximate surface area is 133 Å². The van der Waals surface area contributed by atoms with E-state index in [1.807, 2.05) is 6.08 Å². The maximum atomic E-state index is 12.1. The molecule has 2 saturated carbocycles. The van der Waals surface area contributed by atoms with Gasteiger partial charge in [0.2, 0.25) is 0 Å². The molecule has 0 saturated heterocycles. The minimum atomic E-state index is 0.211. The molecule has 0 aromatic rings. The van der Waals surface area contributed by atoms with Crippen molar-refractivity contribution in [3.05, 3.63) is 23.8 Å². The van der Waals surface area contributed by atoms with E-state index in [0.717, 1.165) is 19.3 Å². The minimum Gasteiger partial charge on any atom is -0.300 e. The molecule has 0 bridgehead atoms. The number of fused-ring (bicyclic) bond motifs is 5. The molecule has 0 aromatic carbocycles. The van der Waals surface area contributed by atoms with Gasteiger partial charge in [-0.25, -0.2) is 0 Å². The number of carbonyl (C=O) groups excluding carboxylic acids is 2. The minimum absolute atomic E-state index is 0.211. The quantitative estimate of drug-likeness (QED) is 0.730. The Morgan fingerprint density at radius 3 is 2.82 bits per heavy atom. The third-order valence-electron chi connectivity index (χ3n) is 7.36. The largest absolute Gasteiger partial charge is 0.300 e. The van der Waals surface area contributed by atoms with Gasteiger partial charge in [0.15, 0.2) is 5.78 Å². The predicted octanol–water partition coefficient (Wildman–Crippen LogP) is 4.11. The molecule has 4 aliphatic carbocycles. The first-order valence-corrected chi connectivity index (χ1v) is 8.94. The smallest absolute Gasteiger partial charge is 0.155 e. The Balaban J connectivity index is 1.68. The van der Waals surface area contributed by atoms with E-state index in [2.05, 4.69) is 19.1 Å². The summed E-state index contributed by atoms with van der Waals surface area (Å²) < 4.78 is 0. The molecule has 4 rings (SSSR count). The molecular formula is C20H26O2. The molecule has 118 valence electrons. The molecule has 0 aliphatic heterocycles. The zero-order valence-corrected chi connectivity index (χ0v) is 13.7. The van der Waals surface area contributed by atoms with Gasteiger partial charge >= 0.3 is 0 Å². The summed E-state index contributed by atoms with van der Waals surface area (Å²) in [5.41, 5.74) is 1.49. The molecule has 0 N–H and O–H groups in total. The monoisotopic (exact) mass is 298 g/mol. The van der Waals surface area contributed by atoms with E-state index >= 15 is 0 Å². The second-order valence-electron chi connectivity index (χ2n) is 8.25. The third kappa shape index (κ3) is 1.92. The molecule has 2 nitrogen and oxygen atoms in total. The predicted molar refractivity (Wildman–Crippen MR) is 86.2 cm³/mol. The lowest BCUT2D eigenvalue weighted by molar-refractivity contribution is -0.126. The van der Waals surface area contributed by atoms with Crippen LogP contribution in [0.5, 0.6) is 0 Å². The second kappa shape index (κ2) is 4.91. The van der Waals surface area contributed by atoms with Gasteiger partial charge < -0.3 is 0 Å². The summed E-state index contributed by atoms with van der Waals surface area (Å²) in [6.07, 6.45) is 13.0. The fourth-order valence-corrected chi connectivity index (χ4v) is 6.32. The van der Waals surface area contributed by atoms with E-state index < -0.39 is 0 Å². The van der Waals surface area contributed by atoms with E-state index in [1.54, 1.807) is 6.92 Å². The lowest BCUT2D eigenvalue weighted by atomic mass is 9.53. The summed E-state index contributed by atoms with van der Waals surface area (Å²) in [6.45, 7) is 4.16. The van der Waals surface area contributed by atoms with E-state index in [0.29, 0.717) is 35.2 Å². The molecule has 0 heterocycles. The van der Waals surface area contributed by atoms with Gasteiger partial charge in [-0.05, 0) is 79.8 Å². The number of hydrogen-bond donors (Lipinski definition) is 0. The van der Waals surface area contributed by atoms with E-state index in [-0.39, 0.29) is 11.3 Å². The Morgan fingerprint density at radius 1 is 1.23 bits per heavy atom. The lowest BCUT2D eigenvalue weighted by Crippen LogP contribution is -2.45. The van der Waals surface area contributed by atoms with Crippen molar-refractivity contribution in [3.63, 3.8) is 0 Å². The zero-order chi connectivity index (χ0) is 15.5. The van der Waals surface area contributed by atoms with Crippen LogP contribution in [-0.4, -0.2) is 11.6 Å². The van der Waals surface area contributed by atoms with Crippen molar-refractivity contribution in [1.82, 2.24) is 0 Å². The Kier molecular flexibility index (Phi) is 3.22. The molecule has 0 radical (unpaired) electrons. The first kappa shape index (κ1) is 14.4. The fourth-order valence-electron chi connectivity index (χ4n) is 6.32. The normalized spacial score (nSPS) is 46.5. The van der Waals surface area contributed by atoms with Crippen molar-refractivity contribution in [2.24, 2.45) is 35.0 Å². The average Bonchev–Trinajstić information content (AvgIpc) is 2.84. The standard InChI is InChI=1S/C20H26O2/c1-12(21)18-7-8-19-17-5-3-13-11-14(22)4-6-15(13)16(17)9-10-20(18,19)2/h3,5,11,15-19H,4,6-10H2,1-2H3/t15-,16+,17+,18+,19-,20+/m0/s1. The van der Waals surface area contributed by atoms with Gasteiger partial charge in [-0.1, -0.05) is 19.1 Å². The van der Waals surface area contributed by atoms with Crippen LogP contribution in [0.1, 0.15) is 52.4 Å². The molecule has 2 fully saturated rings. The molecule has 0 spiro atoms. The number of hydrogen-bond acceptors (Lipinski definition) is 2.